The average Bonchev–Trinajstić information content (AvgIpc) is 2.17. The summed E-state index contributed by atoms with van der Waals surface area (Å²) in [5.41, 5.74) is 0.0226. The van der Waals surface area contributed by atoms with Crippen molar-refractivity contribution in [3.05, 3.63) is 28.9 Å². The summed E-state index contributed by atoms with van der Waals surface area (Å²) in [5, 5.41) is 0.921. The fraction of sp³-hybridized carbons (Fsp3) is 0.556. The first-order valence-electron chi connectivity index (χ1n) is 4.34. The summed E-state index contributed by atoms with van der Waals surface area (Å²) in [7, 11) is 0. The minimum atomic E-state index is 0.0226. The Morgan fingerprint density at radius 1 is 1.69 bits per heavy atom. The summed E-state index contributed by atoms with van der Waals surface area (Å²) in [4.78, 5) is 15.2. The van der Waals surface area contributed by atoms with Gasteiger partial charge in [0.1, 0.15) is 0 Å². The predicted molar refractivity (Wildman–Crippen MR) is 56.1 cm³/mol. The van der Waals surface area contributed by atoms with Gasteiger partial charge in [0.25, 0.3) is 5.56 Å². The average molecular weight is 245 g/mol. The van der Waals surface area contributed by atoms with Crippen LogP contribution >= 0.6 is 15.9 Å². The van der Waals surface area contributed by atoms with E-state index in [0.29, 0.717) is 5.92 Å². The molecule has 13 heavy (non-hydrogen) atoms. The van der Waals surface area contributed by atoms with Gasteiger partial charge in [-0.05, 0) is 5.92 Å². The summed E-state index contributed by atoms with van der Waals surface area (Å²) < 4.78 is 1.65. The lowest BCUT2D eigenvalue weighted by atomic mass is 10.1. The molecule has 0 spiro atoms. The van der Waals surface area contributed by atoms with Crippen LogP contribution in [0.25, 0.3) is 0 Å². The summed E-state index contributed by atoms with van der Waals surface area (Å²) in [5.74, 6) is 0.502. The quantitative estimate of drug-likeness (QED) is 0.756. The second-order valence-electron chi connectivity index (χ2n) is 3.00. The molecule has 1 unspecified atom stereocenters. The maximum absolute atomic E-state index is 11.3. The predicted octanol–water partition coefficient (Wildman–Crippen LogP) is 1.66. The lowest BCUT2D eigenvalue weighted by Crippen LogP contribution is -2.23. The van der Waals surface area contributed by atoms with Gasteiger partial charge in [-0.2, -0.15) is 0 Å². The third-order valence-corrected chi connectivity index (χ3v) is 2.96. The smallest absolute Gasteiger partial charge is 0.253 e. The van der Waals surface area contributed by atoms with Crippen molar-refractivity contribution in [2.75, 3.05) is 5.33 Å². The first kappa shape index (κ1) is 10.4. The Morgan fingerprint density at radius 2 is 2.46 bits per heavy atom. The van der Waals surface area contributed by atoms with E-state index >= 15 is 0 Å². The topological polar surface area (TPSA) is 34.9 Å². The number of hydrogen-bond acceptors (Lipinski definition) is 2. The van der Waals surface area contributed by atoms with E-state index in [1.807, 2.05) is 0 Å². The maximum atomic E-state index is 11.3. The molecule has 4 heteroatoms. The number of hydrogen-bond donors (Lipinski definition) is 0. The van der Waals surface area contributed by atoms with Gasteiger partial charge in [-0.3, -0.25) is 9.36 Å². The van der Waals surface area contributed by atoms with Crippen LogP contribution < -0.4 is 5.56 Å². The summed E-state index contributed by atoms with van der Waals surface area (Å²) in [6.07, 6.45) is 4.17. The molecule has 1 aromatic heterocycles. The molecule has 0 amide bonds. The fourth-order valence-corrected chi connectivity index (χ4v) is 1.74. The van der Waals surface area contributed by atoms with E-state index in [9.17, 15) is 4.79 Å². The van der Waals surface area contributed by atoms with Crippen molar-refractivity contribution in [1.29, 1.82) is 0 Å². The Hall–Kier alpha value is -0.640. The minimum absolute atomic E-state index is 0.0226. The molecule has 1 aromatic rings. The molecule has 0 radical (unpaired) electrons. The van der Waals surface area contributed by atoms with E-state index in [0.717, 1.165) is 18.3 Å². The number of aromatic nitrogens is 2. The van der Waals surface area contributed by atoms with Gasteiger partial charge >= 0.3 is 0 Å². The van der Waals surface area contributed by atoms with E-state index in [1.165, 1.54) is 12.3 Å². The summed E-state index contributed by atoms with van der Waals surface area (Å²) >= 11 is 3.42. The van der Waals surface area contributed by atoms with E-state index < -0.39 is 0 Å². The van der Waals surface area contributed by atoms with Gasteiger partial charge < -0.3 is 0 Å². The molecule has 1 atom stereocenters. The molecule has 1 rings (SSSR count). The second-order valence-corrected chi connectivity index (χ2v) is 3.65. The van der Waals surface area contributed by atoms with Crippen LogP contribution in [-0.4, -0.2) is 14.9 Å². The van der Waals surface area contributed by atoms with Gasteiger partial charge in [-0.15, -0.1) is 0 Å². The first-order chi connectivity index (χ1) is 6.27. The molecule has 0 bridgehead atoms. The molecule has 0 aromatic carbocycles. The van der Waals surface area contributed by atoms with Crippen LogP contribution in [-0.2, 0) is 6.54 Å². The third kappa shape index (κ3) is 2.95. The maximum Gasteiger partial charge on any atom is 0.253 e. The van der Waals surface area contributed by atoms with Gasteiger partial charge in [0, 0.05) is 24.1 Å². The monoisotopic (exact) mass is 244 g/mol. The highest BCUT2D eigenvalue weighted by atomic mass is 79.9. The number of rotatable bonds is 4. The molecule has 0 aliphatic rings. The van der Waals surface area contributed by atoms with Crippen LogP contribution in [0.1, 0.15) is 13.3 Å². The van der Waals surface area contributed by atoms with Crippen molar-refractivity contribution in [2.45, 2.75) is 19.9 Å². The fourth-order valence-electron chi connectivity index (χ4n) is 1.08. The number of halogens is 1. The molecule has 0 saturated carbocycles. The molecule has 0 N–H and O–H groups in total. The van der Waals surface area contributed by atoms with Crippen LogP contribution in [0.5, 0.6) is 0 Å². The molecule has 0 fully saturated rings. The zero-order valence-corrected chi connectivity index (χ0v) is 9.20. The van der Waals surface area contributed by atoms with Crippen LogP contribution in [0.15, 0.2) is 23.4 Å². The van der Waals surface area contributed by atoms with Crippen molar-refractivity contribution in [1.82, 2.24) is 9.55 Å². The Kier molecular flexibility index (Phi) is 4.15. The van der Waals surface area contributed by atoms with Gasteiger partial charge in [-0.1, -0.05) is 29.3 Å². The minimum Gasteiger partial charge on any atom is -0.299 e. The van der Waals surface area contributed by atoms with E-state index in [-0.39, 0.29) is 5.56 Å². The van der Waals surface area contributed by atoms with Crippen LogP contribution in [0.3, 0.4) is 0 Å². The molecular formula is C9H13BrN2O. The lowest BCUT2D eigenvalue weighted by Gasteiger charge is -2.12. The van der Waals surface area contributed by atoms with Gasteiger partial charge in [0.15, 0.2) is 0 Å². The largest absolute Gasteiger partial charge is 0.299 e. The highest BCUT2D eigenvalue weighted by molar-refractivity contribution is 9.09. The molecule has 0 aliphatic carbocycles. The zero-order chi connectivity index (χ0) is 9.68. The lowest BCUT2D eigenvalue weighted by molar-refractivity contribution is 0.465. The number of alkyl halides is 1. The Bertz CT molecular complexity index is 306. The Balaban J connectivity index is 2.73. The highest BCUT2D eigenvalue weighted by Crippen LogP contribution is 2.07. The van der Waals surface area contributed by atoms with Crippen molar-refractivity contribution in [2.24, 2.45) is 5.92 Å². The van der Waals surface area contributed by atoms with Crippen molar-refractivity contribution >= 4 is 15.9 Å². The molecule has 1 heterocycles. The molecule has 0 aliphatic heterocycles. The molecule has 72 valence electrons. The van der Waals surface area contributed by atoms with Crippen molar-refractivity contribution < 1.29 is 0 Å². The van der Waals surface area contributed by atoms with Gasteiger partial charge in [0.05, 0.1) is 6.33 Å². The van der Waals surface area contributed by atoms with Gasteiger partial charge in [-0.25, -0.2) is 4.98 Å². The first-order valence-corrected chi connectivity index (χ1v) is 5.46. The molecule has 0 saturated heterocycles. The Labute approximate surface area is 85.9 Å². The van der Waals surface area contributed by atoms with Crippen molar-refractivity contribution in [3.8, 4) is 0 Å². The SMILES string of the molecule is CCC(CBr)Cn1cnccc1=O. The summed E-state index contributed by atoms with van der Waals surface area (Å²) in [6, 6.07) is 1.49. The van der Waals surface area contributed by atoms with E-state index in [1.54, 1.807) is 10.9 Å². The molecular weight excluding hydrogens is 232 g/mol. The van der Waals surface area contributed by atoms with E-state index in [4.69, 9.17) is 0 Å². The standard InChI is InChI=1S/C9H13BrN2O/c1-2-8(5-10)6-12-7-11-4-3-9(12)13/h3-4,7-8H,2,5-6H2,1H3. The van der Waals surface area contributed by atoms with Crippen molar-refractivity contribution in [3.63, 3.8) is 0 Å². The summed E-state index contributed by atoms with van der Waals surface area (Å²) in [6.45, 7) is 2.86. The normalized spacial score (nSPS) is 12.8. The zero-order valence-electron chi connectivity index (χ0n) is 7.61. The second kappa shape index (κ2) is 5.17. The number of nitrogens with zero attached hydrogens (tertiary/aromatic N) is 2. The highest BCUT2D eigenvalue weighted by Gasteiger charge is 2.05. The van der Waals surface area contributed by atoms with Gasteiger partial charge in [0.2, 0.25) is 0 Å². The Morgan fingerprint density at radius 3 is 3.00 bits per heavy atom. The van der Waals surface area contributed by atoms with E-state index in [2.05, 4.69) is 27.8 Å². The van der Waals surface area contributed by atoms with Crippen LogP contribution in [0.4, 0.5) is 0 Å². The third-order valence-electron chi connectivity index (χ3n) is 2.04. The molecule has 3 nitrogen and oxygen atoms in total. The van der Waals surface area contributed by atoms with Crippen LogP contribution in [0.2, 0.25) is 0 Å². The van der Waals surface area contributed by atoms with Crippen LogP contribution in [0, 0.1) is 5.92 Å².